The Kier molecular flexibility index (Phi) is 8.17. The van der Waals surface area contributed by atoms with E-state index < -0.39 is 4.92 Å². The van der Waals surface area contributed by atoms with Gasteiger partial charge < -0.3 is 9.47 Å². The SMILES string of the molecule is Cc1ccc(OCCOc2ccc([N+](=O)[O-])cc2/C=N/Nc2nc3ccccc3s2)cc1.Cl. The van der Waals surface area contributed by atoms with E-state index in [1.807, 2.05) is 55.5 Å². The van der Waals surface area contributed by atoms with E-state index in [4.69, 9.17) is 9.47 Å². The normalized spacial score (nSPS) is 10.7. The maximum atomic E-state index is 11.2. The third kappa shape index (κ3) is 6.41. The third-order valence-corrected chi connectivity index (χ3v) is 5.43. The number of fused-ring (bicyclic) bond motifs is 1. The molecule has 0 saturated heterocycles. The number of hydrogen-bond donors (Lipinski definition) is 1. The highest BCUT2D eigenvalue weighted by Crippen LogP contribution is 2.26. The number of non-ortho nitro benzene ring substituents is 1. The predicted molar refractivity (Wildman–Crippen MR) is 133 cm³/mol. The Labute approximate surface area is 200 Å². The van der Waals surface area contributed by atoms with E-state index in [2.05, 4.69) is 15.5 Å². The highest BCUT2D eigenvalue weighted by molar-refractivity contribution is 7.22. The van der Waals surface area contributed by atoms with Gasteiger partial charge in [-0.1, -0.05) is 41.2 Å². The number of thiazole rings is 1. The average molecular weight is 485 g/mol. The fourth-order valence-electron chi connectivity index (χ4n) is 2.90. The molecule has 8 nitrogen and oxygen atoms in total. The van der Waals surface area contributed by atoms with Gasteiger partial charge in [-0.3, -0.25) is 15.5 Å². The summed E-state index contributed by atoms with van der Waals surface area (Å²) in [5, 5.41) is 16.0. The number of nitro benzene ring substituents is 1. The number of para-hydroxylation sites is 1. The second-order valence-electron chi connectivity index (χ2n) is 6.85. The van der Waals surface area contributed by atoms with E-state index in [0.29, 0.717) is 23.1 Å². The number of rotatable bonds is 9. The zero-order valence-electron chi connectivity index (χ0n) is 17.6. The molecule has 1 aromatic heterocycles. The first-order valence-corrected chi connectivity index (χ1v) is 10.7. The van der Waals surface area contributed by atoms with Crippen molar-refractivity contribution < 1.29 is 14.4 Å². The molecule has 0 atom stereocenters. The van der Waals surface area contributed by atoms with Crippen LogP contribution in [0.25, 0.3) is 10.2 Å². The van der Waals surface area contributed by atoms with Crippen LogP contribution in [-0.4, -0.2) is 29.3 Å². The van der Waals surface area contributed by atoms with Crippen LogP contribution in [0, 0.1) is 17.0 Å². The van der Waals surface area contributed by atoms with Gasteiger partial charge in [-0.05, 0) is 37.3 Å². The summed E-state index contributed by atoms with van der Waals surface area (Å²) >= 11 is 1.47. The molecule has 0 unspecified atom stereocenters. The van der Waals surface area contributed by atoms with Gasteiger partial charge in [-0.15, -0.1) is 12.4 Å². The first-order valence-electron chi connectivity index (χ1n) is 9.84. The lowest BCUT2D eigenvalue weighted by Crippen LogP contribution is -2.10. The van der Waals surface area contributed by atoms with Gasteiger partial charge >= 0.3 is 0 Å². The molecule has 33 heavy (non-hydrogen) atoms. The fourth-order valence-corrected chi connectivity index (χ4v) is 3.72. The minimum absolute atomic E-state index is 0. The number of hydrazone groups is 1. The number of hydrogen-bond acceptors (Lipinski definition) is 8. The molecule has 0 aliphatic heterocycles. The molecule has 4 rings (SSSR count). The van der Waals surface area contributed by atoms with Crippen molar-refractivity contribution in [2.24, 2.45) is 5.10 Å². The number of ether oxygens (including phenoxy) is 2. The summed E-state index contributed by atoms with van der Waals surface area (Å²) in [5.74, 6) is 1.22. The minimum atomic E-state index is -0.456. The van der Waals surface area contributed by atoms with E-state index >= 15 is 0 Å². The van der Waals surface area contributed by atoms with E-state index in [-0.39, 0.29) is 24.7 Å². The first kappa shape index (κ1) is 24.0. The molecular weight excluding hydrogens is 464 g/mol. The number of nitro groups is 1. The largest absolute Gasteiger partial charge is 0.490 e. The number of halogens is 1. The first-order chi connectivity index (χ1) is 15.6. The second-order valence-corrected chi connectivity index (χ2v) is 7.88. The van der Waals surface area contributed by atoms with Crippen LogP contribution >= 0.6 is 23.7 Å². The number of nitrogens with one attached hydrogen (secondary N) is 1. The maximum absolute atomic E-state index is 11.2. The number of aryl methyl sites for hydroxylation is 1. The van der Waals surface area contributed by atoms with Gasteiger partial charge in [0.05, 0.1) is 21.4 Å². The molecule has 4 aromatic rings. The number of benzene rings is 3. The monoisotopic (exact) mass is 484 g/mol. The number of nitrogens with zero attached hydrogens (tertiary/aromatic N) is 3. The standard InChI is InChI=1S/C23H20N4O4S.ClH/c1-16-6-9-19(10-7-16)30-12-13-31-21-11-8-18(27(28)29)14-17(21)15-24-26-23-25-20-4-2-3-5-22(20)32-23;/h2-11,14-15H,12-13H2,1H3,(H,25,26);1H/b24-15+;. The molecular formula is C23H21ClN4O4S. The zero-order valence-corrected chi connectivity index (χ0v) is 19.3. The minimum Gasteiger partial charge on any atom is -0.490 e. The van der Waals surface area contributed by atoms with Crippen molar-refractivity contribution in [1.29, 1.82) is 0 Å². The molecule has 1 heterocycles. The van der Waals surface area contributed by atoms with Crippen molar-refractivity contribution in [1.82, 2.24) is 4.98 Å². The third-order valence-electron chi connectivity index (χ3n) is 4.49. The van der Waals surface area contributed by atoms with Crippen LogP contribution in [0.2, 0.25) is 0 Å². The average Bonchev–Trinajstić information content (AvgIpc) is 3.21. The Morgan fingerprint density at radius 1 is 1.09 bits per heavy atom. The van der Waals surface area contributed by atoms with Gasteiger partial charge in [0.15, 0.2) is 0 Å². The zero-order chi connectivity index (χ0) is 22.3. The second kappa shape index (κ2) is 11.3. The quantitative estimate of drug-likeness (QED) is 0.139. The molecule has 0 saturated carbocycles. The number of aromatic nitrogens is 1. The summed E-state index contributed by atoms with van der Waals surface area (Å²) in [6.07, 6.45) is 1.48. The van der Waals surface area contributed by atoms with Crippen LogP contribution in [0.5, 0.6) is 11.5 Å². The summed E-state index contributed by atoms with van der Waals surface area (Å²) in [6, 6.07) is 19.9. The Balaban J connectivity index is 0.00000306. The highest BCUT2D eigenvalue weighted by atomic mass is 35.5. The molecule has 1 N–H and O–H groups in total. The van der Waals surface area contributed by atoms with Crippen LogP contribution < -0.4 is 14.9 Å². The number of anilines is 1. The summed E-state index contributed by atoms with van der Waals surface area (Å²) in [5.41, 5.74) is 5.34. The van der Waals surface area contributed by atoms with E-state index in [9.17, 15) is 10.1 Å². The highest BCUT2D eigenvalue weighted by Gasteiger charge is 2.11. The van der Waals surface area contributed by atoms with Gasteiger partial charge in [0.25, 0.3) is 5.69 Å². The summed E-state index contributed by atoms with van der Waals surface area (Å²) in [6.45, 7) is 2.62. The fraction of sp³-hybridized carbons (Fsp3) is 0.130. The lowest BCUT2D eigenvalue weighted by Gasteiger charge is -2.10. The molecule has 0 bridgehead atoms. The smallest absolute Gasteiger partial charge is 0.270 e. The molecule has 3 aromatic carbocycles. The molecule has 0 aliphatic carbocycles. The van der Waals surface area contributed by atoms with Crippen molar-refractivity contribution in [2.75, 3.05) is 18.6 Å². The van der Waals surface area contributed by atoms with Crippen molar-refractivity contribution in [3.8, 4) is 11.5 Å². The lowest BCUT2D eigenvalue weighted by molar-refractivity contribution is -0.384. The van der Waals surface area contributed by atoms with E-state index in [1.54, 1.807) is 6.07 Å². The molecule has 0 spiro atoms. The predicted octanol–water partition coefficient (Wildman–Crippen LogP) is 5.84. The van der Waals surface area contributed by atoms with Gasteiger partial charge in [0.1, 0.15) is 24.7 Å². The van der Waals surface area contributed by atoms with Gasteiger partial charge in [0, 0.05) is 17.7 Å². The Hall–Kier alpha value is -3.69. The van der Waals surface area contributed by atoms with Crippen LogP contribution in [-0.2, 0) is 0 Å². The molecule has 0 fully saturated rings. The Morgan fingerprint density at radius 2 is 1.85 bits per heavy atom. The summed E-state index contributed by atoms with van der Waals surface area (Å²) in [4.78, 5) is 15.2. The Bertz CT molecular complexity index is 1230. The molecule has 0 radical (unpaired) electrons. The molecule has 170 valence electrons. The van der Waals surface area contributed by atoms with Crippen LogP contribution in [0.4, 0.5) is 10.8 Å². The van der Waals surface area contributed by atoms with Gasteiger partial charge in [-0.25, -0.2) is 4.98 Å². The van der Waals surface area contributed by atoms with Crippen LogP contribution in [0.3, 0.4) is 0 Å². The van der Waals surface area contributed by atoms with Crippen molar-refractivity contribution in [2.45, 2.75) is 6.92 Å². The lowest BCUT2D eigenvalue weighted by atomic mass is 10.2. The van der Waals surface area contributed by atoms with Gasteiger partial charge in [0.2, 0.25) is 5.13 Å². The van der Waals surface area contributed by atoms with Crippen LogP contribution in [0.1, 0.15) is 11.1 Å². The van der Waals surface area contributed by atoms with Gasteiger partial charge in [-0.2, -0.15) is 5.10 Å². The Morgan fingerprint density at radius 3 is 2.61 bits per heavy atom. The molecule has 0 amide bonds. The van der Waals surface area contributed by atoms with Crippen molar-refractivity contribution >= 4 is 51.0 Å². The molecule has 10 heteroatoms. The molecule has 0 aliphatic rings. The van der Waals surface area contributed by atoms with E-state index in [0.717, 1.165) is 21.5 Å². The van der Waals surface area contributed by atoms with Crippen molar-refractivity contribution in [3.05, 3.63) is 88.0 Å². The van der Waals surface area contributed by atoms with E-state index in [1.165, 1.54) is 29.7 Å². The summed E-state index contributed by atoms with van der Waals surface area (Å²) < 4.78 is 12.5. The van der Waals surface area contributed by atoms with Crippen molar-refractivity contribution in [3.63, 3.8) is 0 Å². The summed E-state index contributed by atoms with van der Waals surface area (Å²) in [7, 11) is 0. The topological polar surface area (TPSA) is 98.9 Å². The van der Waals surface area contributed by atoms with Crippen LogP contribution in [0.15, 0.2) is 71.8 Å². The maximum Gasteiger partial charge on any atom is 0.270 e.